The standard InChI is InChI=1S/C27H51NO7P2/c1-18(2)32-36(30,33-19(3)4)25(37(31,34-20(5)6)35-21(7)8)16-22-14-23(26(9,10)11)28-24(15-22)27(12,13)17-29/h14-15,18-21,25,29H,16-17H2,1-13H3. The Labute approximate surface area is 225 Å². The lowest BCUT2D eigenvalue weighted by Crippen LogP contribution is -2.28. The van der Waals surface area contributed by atoms with E-state index < -0.39 is 50.4 Å². The van der Waals surface area contributed by atoms with Gasteiger partial charge in [-0.15, -0.1) is 0 Å². The minimum absolute atomic E-state index is 0.0492. The van der Waals surface area contributed by atoms with Crippen molar-refractivity contribution in [2.75, 3.05) is 6.61 Å². The molecule has 1 heterocycles. The van der Waals surface area contributed by atoms with Crippen LogP contribution in [0.1, 0.15) is 107 Å². The van der Waals surface area contributed by atoms with E-state index in [0.29, 0.717) is 5.69 Å². The molecule has 0 saturated heterocycles. The van der Waals surface area contributed by atoms with Gasteiger partial charge in [0, 0.05) is 22.2 Å². The Kier molecular flexibility index (Phi) is 12.3. The summed E-state index contributed by atoms with van der Waals surface area (Å²) in [6, 6.07) is 3.79. The van der Waals surface area contributed by atoms with Crippen molar-refractivity contribution in [3.63, 3.8) is 0 Å². The quantitative estimate of drug-likeness (QED) is 0.231. The van der Waals surface area contributed by atoms with E-state index in [4.69, 9.17) is 23.1 Å². The highest BCUT2D eigenvalue weighted by Gasteiger charge is 2.53. The number of nitrogens with zero attached hydrogens (tertiary/aromatic N) is 1. The first-order valence-corrected chi connectivity index (χ1v) is 16.4. The SMILES string of the molecule is CC(C)OP(=O)(OC(C)C)C(Cc1cc(C(C)(C)C)nc(C(C)(C)CO)c1)P(=O)(OC(C)C)OC(C)C. The van der Waals surface area contributed by atoms with Crippen molar-refractivity contribution in [1.29, 1.82) is 0 Å². The maximum absolute atomic E-state index is 14.5. The summed E-state index contributed by atoms with van der Waals surface area (Å²) < 4.78 is 52.9. The maximum Gasteiger partial charge on any atom is 0.346 e. The highest BCUT2D eigenvalue weighted by Crippen LogP contribution is 2.72. The molecule has 10 heteroatoms. The number of aromatic nitrogens is 1. The smallest absolute Gasteiger partial charge is 0.346 e. The second kappa shape index (κ2) is 13.2. The lowest BCUT2D eigenvalue weighted by atomic mass is 9.85. The number of aliphatic hydroxyl groups excluding tert-OH is 1. The summed E-state index contributed by atoms with van der Waals surface area (Å²) in [6.45, 7) is 24.0. The Balaban J connectivity index is 3.95. The van der Waals surface area contributed by atoms with Crippen molar-refractivity contribution in [2.45, 2.75) is 137 Å². The van der Waals surface area contributed by atoms with Crippen molar-refractivity contribution in [1.82, 2.24) is 4.98 Å². The predicted octanol–water partition coefficient (Wildman–Crippen LogP) is 7.60. The van der Waals surface area contributed by atoms with Gasteiger partial charge in [0.25, 0.3) is 0 Å². The van der Waals surface area contributed by atoms with E-state index in [1.54, 1.807) is 55.4 Å². The fraction of sp³-hybridized carbons (Fsp3) is 0.815. The van der Waals surface area contributed by atoms with Gasteiger partial charge < -0.3 is 23.2 Å². The molecule has 0 aliphatic carbocycles. The Morgan fingerprint density at radius 3 is 1.38 bits per heavy atom. The molecule has 0 atom stereocenters. The molecular weight excluding hydrogens is 512 g/mol. The number of hydrogen-bond donors (Lipinski definition) is 1. The van der Waals surface area contributed by atoms with Crippen molar-refractivity contribution >= 4 is 15.2 Å². The van der Waals surface area contributed by atoms with Crippen molar-refractivity contribution in [3.05, 3.63) is 29.1 Å². The van der Waals surface area contributed by atoms with Gasteiger partial charge in [-0.2, -0.15) is 0 Å². The van der Waals surface area contributed by atoms with Crippen LogP contribution in [0.25, 0.3) is 0 Å². The van der Waals surface area contributed by atoms with Crippen LogP contribution in [0.5, 0.6) is 0 Å². The molecule has 1 rings (SSSR count). The summed E-state index contributed by atoms with van der Waals surface area (Å²) in [7, 11) is -8.09. The molecule has 0 bridgehead atoms. The van der Waals surface area contributed by atoms with Gasteiger partial charge in [-0.05, 0) is 79.5 Å². The van der Waals surface area contributed by atoms with Gasteiger partial charge in [0.15, 0.2) is 5.40 Å². The normalized spacial score (nSPS) is 14.1. The average Bonchev–Trinajstić information content (AvgIpc) is 2.68. The summed E-state index contributed by atoms with van der Waals surface area (Å²) in [5, 5.41) is 8.85. The first-order chi connectivity index (χ1) is 16.6. The molecule has 1 aromatic rings. The van der Waals surface area contributed by atoms with Gasteiger partial charge in [-0.1, -0.05) is 34.6 Å². The zero-order chi connectivity index (χ0) is 29.0. The van der Waals surface area contributed by atoms with E-state index >= 15 is 0 Å². The summed E-state index contributed by atoms with van der Waals surface area (Å²) >= 11 is 0. The minimum Gasteiger partial charge on any atom is -0.395 e. The molecular formula is C27H51NO7P2. The monoisotopic (exact) mass is 563 g/mol. The van der Waals surface area contributed by atoms with E-state index in [2.05, 4.69) is 20.8 Å². The average molecular weight is 564 g/mol. The molecule has 216 valence electrons. The number of pyridine rings is 1. The third kappa shape index (κ3) is 10.1. The highest BCUT2D eigenvalue weighted by molar-refractivity contribution is 7.72. The first-order valence-electron chi connectivity index (χ1n) is 13.2. The van der Waals surface area contributed by atoms with Crippen LogP contribution < -0.4 is 0 Å². The molecule has 0 aromatic carbocycles. The van der Waals surface area contributed by atoms with Crippen LogP contribution in [0.3, 0.4) is 0 Å². The summed E-state index contributed by atoms with van der Waals surface area (Å²) in [4.78, 5) is 4.85. The number of aliphatic hydroxyl groups is 1. The van der Waals surface area contributed by atoms with E-state index in [1.807, 2.05) is 26.0 Å². The molecule has 1 N–H and O–H groups in total. The molecule has 37 heavy (non-hydrogen) atoms. The lowest BCUT2D eigenvalue weighted by molar-refractivity contribution is 0.122. The summed E-state index contributed by atoms with van der Waals surface area (Å²) in [5.74, 6) is 0. The molecule has 0 aliphatic rings. The molecule has 0 radical (unpaired) electrons. The molecule has 0 aliphatic heterocycles. The Morgan fingerprint density at radius 2 is 1.08 bits per heavy atom. The van der Waals surface area contributed by atoms with Gasteiger partial charge >= 0.3 is 15.2 Å². The molecule has 8 nitrogen and oxygen atoms in total. The maximum atomic E-state index is 14.5. The predicted molar refractivity (Wildman–Crippen MR) is 151 cm³/mol. The molecule has 0 fully saturated rings. The van der Waals surface area contributed by atoms with Gasteiger partial charge in [0.1, 0.15) is 0 Å². The van der Waals surface area contributed by atoms with Gasteiger partial charge in [-0.3, -0.25) is 14.1 Å². The van der Waals surface area contributed by atoms with Crippen LogP contribution in [-0.2, 0) is 44.5 Å². The summed E-state index contributed by atoms with van der Waals surface area (Å²) in [5.41, 5.74) is 1.30. The fourth-order valence-electron chi connectivity index (χ4n) is 3.63. The largest absolute Gasteiger partial charge is 0.395 e. The summed E-state index contributed by atoms with van der Waals surface area (Å²) in [6.07, 6.45) is -1.77. The second-order valence-corrected chi connectivity index (χ2v) is 17.1. The third-order valence-electron chi connectivity index (χ3n) is 5.32. The molecule has 0 spiro atoms. The number of rotatable bonds is 14. The first kappa shape index (κ1) is 34.4. The van der Waals surface area contributed by atoms with E-state index in [9.17, 15) is 14.2 Å². The van der Waals surface area contributed by atoms with Crippen molar-refractivity contribution in [3.8, 4) is 0 Å². The van der Waals surface area contributed by atoms with Crippen molar-refractivity contribution < 1.29 is 32.3 Å². The van der Waals surface area contributed by atoms with Crippen LogP contribution in [0.2, 0.25) is 0 Å². The molecule has 0 unspecified atom stereocenters. The Hall–Kier alpha value is -0.590. The van der Waals surface area contributed by atoms with Crippen molar-refractivity contribution in [2.24, 2.45) is 0 Å². The van der Waals surface area contributed by atoms with E-state index in [0.717, 1.165) is 11.3 Å². The minimum atomic E-state index is -4.04. The van der Waals surface area contributed by atoms with Crippen LogP contribution in [0, 0.1) is 0 Å². The molecule has 1 aromatic heterocycles. The van der Waals surface area contributed by atoms with E-state index in [-0.39, 0.29) is 18.4 Å². The lowest BCUT2D eigenvalue weighted by Gasteiger charge is -2.35. The van der Waals surface area contributed by atoms with Gasteiger partial charge in [0.05, 0.1) is 31.0 Å². The second-order valence-electron chi connectivity index (χ2n) is 12.4. The highest BCUT2D eigenvalue weighted by atomic mass is 31.2. The van der Waals surface area contributed by atoms with Crippen LogP contribution in [-0.4, -0.2) is 46.5 Å². The zero-order valence-electron chi connectivity index (χ0n) is 25.2. The van der Waals surface area contributed by atoms with Crippen LogP contribution in [0.15, 0.2) is 12.1 Å². The van der Waals surface area contributed by atoms with Crippen LogP contribution >= 0.6 is 15.2 Å². The molecule has 0 amide bonds. The van der Waals surface area contributed by atoms with E-state index in [1.165, 1.54) is 0 Å². The van der Waals surface area contributed by atoms with Gasteiger partial charge in [0.2, 0.25) is 0 Å². The number of hydrogen-bond acceptors (Lipinski definition) is 8. The topological polar surface area (TPSA) is 104 Å². The Bertz CT molecular complexity index is 902. The Morgan fingerprint density at radius 1 is 0.730 bits per heavy atom. The zero-order valence-corrected chi connectivity index (χ0v) is 27.0. The van der Waals surface area contributed by atoms with Crippen LogP contribution in [0.4, 0.5) is 0 Å². The third-order valence-corrected chi connectivity index (χ3v) is 11.7. The van der Waals surface area contributed by atoms with Gasteiger partial charge in [-0.25, -0.2) is 0 Å². The molecule has 0 saturated carbocycles. The fourth-order valence-corrected chi connectivity index (χ4v) is 9.55.